The van der Waals surface area contributed by atoms with Crippen molar-refractivity contribution in [1.29, 1.82) is 0 Å². The number of para-hydroxylation sites is 1. The predicted octanol–water partition coefficient (Wildman–Crippen LogP) is 3.48. The summed E-state index contributed by atoms with van der Waals surface area (Å²) in [7, 11) is 0. The zero-order valence-electron chi connectivity index (χ0n) is 13.3. The molecule has 1 amide bonds. The lowest BCUT2D eigenvalue weighted by Crippen LogP contribution is -2.19. The highest BCUT2D eigenvalue weighted by Gasteiger charge is 2.14. The molecule has 0 bridgehead atoms. The van der Waals surface area contributed by atoms with E-state index in [4.69, 9.17) is 0 Å². The number of carbonyl (C=O) groups excluding carboxylic acids is 1. The molecule has 1 N–H and O–H groups in total. The van der Waals surface area contributed by atoms with Crippen molar-refractivity contribution in [2.75, 3.05) is 23.3 Å². The highest BCUT2D eigenvalue weighted by molar-refractivity contribution is 6.04. The Bertz CT molecular complexity index is 870. The first-order valence-corrected chi connectivity index (χ1v) is 8.18. The van der Waals surface area contributed by atoms with Crippen molar-refractivity contribution in [1.82, 2.24) is 9.97 Å². The number of hydrogen-bond donors (Lipinski definition) is 1. The molecule has 1 aromatic carbocycles. The van der Waals surface area contributed by atoms with Crippen LogP contribution < -0.4 is 10.2 Å². The molecule has 4 rings (SSSR count). The van der Waals surface area contributed by atoms with Gasteiger partial charge in [-0.2, -0.15) is 0 Å². The maximum absolute atomic E-state index is 12.4. The molecule has 0 unspecified atom stereocenters. The summed E-state index contributed by atoms with van der Waals surface area (Å²) in [6.45, 7) is 2.11. The molecule has 5 nitrogen and oxygen atoms in total. The Morgan fingerprint density at radius 3 is 2.62 bits per heavy atom. The van der Waals surface area contributed by atoms with Gasteiger partial charge in [0.1, 0.15) is 11.5 Å². The molecule has 0 atom stereocenters. The van der Waals surface area contributed by atoms with Crippen LogP contribution in [-0.4, -0.2) is 29.0 Å². The zero-order chi connectivity index (χ0) is 16.4. The van der Waals surface area contributed by atoms with Gasteiger partial charge in [-0.3, -0.25) is 4.79 Å². The van der Waals surface area contributed by atoms with Crippen molar-refractivity contribution in [3.05, 3.63) is 60.4 Å². The van der Waals surface area contributed by atoms with Gasteiger partial charge in [0.05, 0.1) is 17.4 Å². The summed E-state index contributed by atoms with van der Waals surface area (Å²) in [6, 6.07) is 15.2. The number of fused-ring (bicyclic) bond motifs is 1. The summed E-state index contributed by atoms with van der Waals surface area (Å²) < 4.78 is 0. The van der Waals surface area contributed by atoms with E-state index < -0.39 is 0 Å². The number of amides is 1. The second-order valence-electron chi connectivity index (χ2n) is 5.94. The van der Waals surface area contributed by atoms with E-state index in [2.05, 4.69) is 20.2 Å². The Kier molecular flexibility index (Phi) is 3.83. The van der Waals surface area contributed by atoms with Crippen LogP contribution >= 0.6 is 0 Å². The smallest absolute Gasteiger partial charge is 0.274 e. The number of nitrogens with zero attached hydrogens (tertiary/aromatic N) is 3. The van der Waals surface area contributed by atoms with Crippen LogP contribution in [0.5, 0.6) is 0 Å². The molecular formula is C19H18N4O. The summed E-state index contributed by atoms with van der Waals surface area (Å²) in [5, 5.41) is 3.88. The van der Waals surface area contributed by atoms with Crippen LogP contribution in [0, 0.1) is 0 Å². The molecule has 0 saturated carbocycles. The van der Waals surface area contributed by atoms with Gasteiger partial charge in [0.25, 0.3) is 5.91 Å². The monoisotopic (exact) mass is 318 g/mol. The van der Waals surface area contributed by atoms with Gasteiger partial charge in [-0.15, -0.1) is 0 Å². The Labute approximate surface area is 140 Å². The second kappa shape index (κ2) is 6.28. The molecule has 2 aromatic heterocycles. The van der Waals surface area contributed by atoms with Crippen molar-refractivity contribution in [2.45, 2.75) is 12.8 Å². The van der Waals surface area contributed by atoms with Gasteiger partial charge in [0.15, 0.2) is 0 Å². The number of carbonyl (C=O) groups is 1. The molecule has 0 radical (unpaired) electrons. The Morgan fingerprint density at radius 2 is 1.83 bits per heavy atom. The van der Waals surface area contributed by atoms with Crippen LogP contribution in [0.3, 0.4) is 0 Å². The number of rotatable bonds is 3. The highest BCUT2D eigenvalue weighted by Crippen LogP contribution is 2.19. The fourth-order valence-electron chi connectivity index (χ4n) is 2.98. The number of nitrogens with one attached hydrogen (secondary N) is 1. The minimum atomic E-state index is -0.225. The molecule has 0 spiro atoms. The average molecular weight is 318 g/mol. The lowest BCUT2D eigenvalue weighted by Gasteiger charge is -2.16. The first kappa shape index (κ1) is 14.6. The van der Waals surface area contributed by atoms with Gasteiger partial charge in [-0.25, -0.2) is 9.97 Å². The van der Waals surface area contributed by atoms with Crippen LogP contribution in [0.2, 0.25) is 0 Å². The second-order valence-corrected chi connectivity index (χ2v) is 5.94. The number of pyridine rings is 2. The van der Waals surface area contributed by atoms with Crippen molar-refractivity contribution in [3.63, 3.8) is 0 Å². The summed E-state index contributed by atoms with van der Waals surface area (Å²) in [5.41, 5.74) is 1.89. The summed E-state index contributed by atoms with van der Waals surface area (Å²) in [4.78, 5) is 23.5. The summed E-state index contributed by atoms with van der Waals surface area (Å²) >= 11 is 0. The van der Waals surface area contributed by atoms with Crippen LogP contribution in [0.4, 0.5) is 11.5 Å². The first-order valence-electron chi connectivity index (χ1n) is 8.18. The molecule has 5 heteroatoms. The molecular weight excluding hydrogens is 300 g/mol. The van der Waals surface area contributed by atoms with E-state index in [-0.39, 0.29) is 5.91 Å². The fourth-order valence-corrected chi connectivity index (χ4v) is 2.98. The standard InChI is InChI=1S/C19H18N4O/c24-19(17-9-7-14-5-1-2-6-16(14)22-17)21-15-8-10-18(20-13-15)23-11-3-4-12-23/h1-2,5-10,13H,3-4,11-12H2,(H,21,24). The van der Waals surface area contributed by atoms with E-state index in [0.29, 0.717) is 11.4 Å². The molecule has 24 heavy (non-hydrogen) atoms. The Morgan fingerprint density at radius 1 is 1.00 bits per heavy atom. The normalized spacial score (nSPS) is 14.1. The van der Waals surface area contributed by atoms with Crippen molar-refractivity contribution in [2.24, 2.45) is 0 Å². The van der Waals surface area contributed by atoms with Gasteiger partial charge in [0.2, 0.25) is 0 Å². The van der Waals surface area contributed by atoms with Gasteiger partial charge in [-0.05, 0) is 37.1 Å². The number of benzene rings is 1. The summed E-state index contributed by atoms with van der Waals surface area (Å²) in [5.74, 6) is 0.741. The van der Waals surface area contributed by atoms with E-state index in [1.165, 1.54) is 12.8 Å². The number of aromatic nitrogens is 2. The molecule has 3 aromatic rings. The third-order valence-corrected chi connectivity index (χ3v) is 4.27. The van der Waals surface area contributed by atoms with Crippen molar-refractivity contribution < 1.29 is 4.79 Å². The van der Waals surface area contributed by atoms with Crippen LogP contribution in [0.1, 0.15) is 23.3 Å². The van der Waals surface area contributed by atoms with E-state index in [9.17, 15) is 4.79 Å². The predicted molar refractivity (Wildman–Crippen MR) is 95.4 cm³/mol. The minimum Gasteiger partial charge on any atom is -0.357 e. The molecule has 1 aliphatic heterocycles. The SMILES string of the molecule is O=C(Nc1ccc(N2CCCC2)nc1)c1ccc2ccccc2n1. The largest absolute Gasteiger partial charge is 0.357 e. The van der Waals surface area contributed by atoms with Gasteiger partial charge < -0.3 is 10.2 Å². The van der Waals surface area contributed by atoms with Crippen LogP contribution in [-0.2, 0) is 0 Å². The Balaban J connectivity index is 1.50. The van der Waals surface area contributed by atoms with E-state index in [1.54, 1.807) is 12.3 Å². The molecule has 1 saturated heterocycles. The van der Waals surface area contributed by atoms with Gasteiger partial charge in [-0.1, -0.05) is 24.3 Å². The summed E-state index contributed by atoms with van der Waals surface area (Å²) in [6.07, 6.45) is 4.13. The third kappa shape index (κ3) is 2.93. The molecule has 0 aliphatic carbocycles. The lowest BCUT2D eigenvalue weighted by atomic mass is 10.2. The lowest BCUT2D eigenvalue weighted by molar-refractivity contribution is 0.102. The van der Waals surface area contributed by atoms with Crippen molar-refractivity contribution >= 4 is 28.3 Å². The van der Waals surface area contributed by atoms with E-state index >= 15 is 0 Å². The van der Waals surface area contributed by atoms with Crippen LogP contribution in [0.25, 0.3) is 10.9 Å². The molecule has 1 fully saturated rings. The average Bonchev–Trinajstić information content (AvgIpc) is 3.16. The molecule has 3 heterocycles. The maximum atomic E-state index is 12.4. The van der Waals surface area contributed by atoms with Gasteiger partial charge >= 0.3 is 0 Å². The maximum Gasteiger partial charge on any atom is 0.274 e. The van der Waals surface area contributed by atoms with E-state index in [1.807, 2.05) is 42.5 Å². The Hall–Kier alpha value is -2.95. The van der Waals surface area contributed by atoms with Crippen LogP contribution in [0.15, 0.2) is 54.7 Å². The third-order valence-electron chi connectivity index (χ3n) is 4.27. The van der Waals surface area contributed by atoms with Gasteiger partial charge in [0, 0.05) is 18.5 Å². The zero-order valence-corrected chi connectivity index (χ0v) is 13.3. The highest BCUT2D eigenvalue weighted by atomic mass is 16.1. The quantitative estimate of drug-likeness (QED) is 0.803. The number of hydrogen-bond acceptors (Lipinski definition) is 4. The van der Waals surface area contributed by atoms with E-state index in [0.717, 1.165) is 29.8 Å². The number of anilines is 2. The molecule has 1 aliphatic rings. The minimum absolute atomic E-state index is 0.225. The van der Waals surface area contributed by atoms with Crippen molar-refractivity contribution in [3.8, 4) is 0 Å². The first-order chi connectivity index (χ1) is 11.8. The fraction of sp³-hybridized carbons (Fsp3) is 0.211. The molecule has 120 valence electrons. The topological polar surface area (TPSA) is 58.1 Å².